The van der Waals surface area contributed by atoms with Crippen molar-refractivity contribution in [3.63, 3.8) is 0 Å². The highest BCUT2D eigenvalue weighted by Crippen LogP contribution is 2.21. The highest BCUT2D eigenvalue weighted by Gasteiger charge is 2.15. The zero-order valence-corrected chi connectivity index (χ0v) is 9.60. The predicted molar refractivity (Wildman–Crippen MR) is 60.9 cm³/mol. The van der Waals surface area contributed by atoms with Gasteiger partial charge in [-0.1, -0.05) is 37.3 Å². The van der Waals surface area contributed by atoms with Gasteiger partial charge in [0.1, 0.15) is 18.3 Å². The zero-order valence-electron chi connectivity index (χ0n) is 9.60. The first-order valence-corrected chi connectivity index (χ1v) is 5.37. The number of benzene rings is 1. The third-order valence-corrected chi connectivity index (χ3v) is 2.21. The number of rotatable bonds is 5. The maximum atomic E-state index is 11.4. The van der Waals surface area contributed by atoms with Gasteiger partial charge in [0.15, 0.2) is 0 Å². The predicted octanol–water partition coefficient (Wildman–Crippen LogP) is 2.66. The Labute approximate surface area is 95.4 Å². The van der Waals surface area contributed by atoms with Crippen molar-refractivity contribution in [1.29, 1.82) is 0 Å². The first kappa shape index (κ1) is 12.4. The van der Waals surface area contributed by atoms with E-state index < -0.39 is 5.97 Å². The van der Waals surface area contributed by atoms with E-state index in [0.717, 1.165) is 5.56 Å². The lowest BCUT2D eigenvalue weighted by Gasteiger charge is -2.16. The molecular weight excluding hydrogens is 204 g/mol. The standard InChI is InChI=1S/C13H16O3/c1-3-12(11-7-5-4-6-8-11)16-13(15)9-10(2)14/h4-8,12H,3,9H2,1-2H3. The van der Waals surface area contributed by atoms with E-state index in [9.17, 15) is 9.59 Å². The van der Waals surface area contributed by atoms with E-state index in [1.54, 1.807) is 0 Å². The maximum absolute atomic E-state index is 11.4. The van der Waals surface area contributed by atoms with Crippen LogP contribution in [0.15, 0.2) is 30.3 Å². The molecule has 1 rings (SSSR count). The molecule has 0 aliphatic heterocycles. The molecule has 1 aromatic carbocycles. The summed E-state index contributed by atoms with van der Waals surface area (Å²) in [5.41, 5.74) is 0.960. The second kappa shape index (κ2) is 6.05. The van der Waals surface area contributed by atoms with E-state index in [1.165, 1.54) is 6.92 Å². The first-order chi connectivity index (χ1) is 7.63. The molecule has 0 radical (unpaired) electrons. The van der Waals surface area contributed by atoms with Crippen molar-refractivity contribution < 1.29 is 14.3 Å². The minimum atomic E-state index is -0.455. The van der Waals surface area contributed by atoms with Crippen molar-refractivity contribution in [2.75, 3.05) is 0 Å². The molecule has 1 atom stereocenters. The van der Waals surface area contributed by atoms with Crippen molar-refractivity contribution in [3.05, 3.63) is 35.9 Å². The number of esters is 1. The normalized spacial score (nSPS) is 11.9. The molecule has 1 aromatic rings. The van der Waals surface area contributed by atoms with Crippen LogP contribution in [0.5, 0.6) is 0 Å². The van der Waals surface area contributed by atoms with Crippen LogP contribution >= 0.6 is 0 Å². The molecule has 0 fully saturated rings. The molecule has 0 heterocycles. The Morgan fingerprint density at radius 2 is 1.88 bits per heavy atom. The van der Waals surface area contributed by atoms with Crippen LogP contribution < -0.4 is 0 Å². The van der Waals surface area contributed by atoms with Crippen molar-refractivity contribution in [2.24, 2.45) is 0 Å². The molecule has 16 heavy (non-hydrogen) atoms. The topological polar surface area (TPSA) is 43.4 Å². The molecule has 0 bridgehead atoms. The summed E-state index contributed by atoms with van der Waals surface area (Å²) >= 11 is 0. The van der Waals surface area contributed by atoms with Gasteiger partial charge in [0.25, 0.3) is 0 Å². The summed E-state index contributed by atoms with van der Waals surface area (Å²) in [6.45, 7) is 3.32. The molecule has 0 aliphatic rings. The molecule has 3 heteroatoms. The molecule has 0 amide bonds. The lowest BCUT2D eigenvalue weighted by molar-refractivity contribution is -0.151. The van der Waals surface area contributed by atoms with Gasteiger partial charge in [-0.25, -0.2) is 0 Å². The molecule has 0 aliphatic carbocycles. The van der Waals surface area contributed by atoms with Crippen molar-refractivity contribution in [1.82, 2.24) is 0 Å². The van der Waals surface area contributed by atoms with Gasteiger partial charge in [-0.3, -0.25) is 9.59 Å². The van der Waals surface area contributed by atoms with E-state index in [1.807, 2.05) is 37.3 Å². The fraction of sp³-hybridized carbons (Fsp3) is 0.385. The van der Waals surface area contributed by atoms with Gasteiger partial charge in [-0.05, 0) is 18.9 Å². The van der Waals surface area contributed by atoms with Crippen molar-refractivity contribution >= 4 is 11.8 Å². The third-order valence-electron chi connectivity index (χ3n) is 2.21. The molecule has 0 N–H and O–H groups in total. The van der Waals surface area contributed by atoms with Gasteiger partial charge in [0.2, 0.25) is 0 Å². The van der Waals surface area contributed by atoms with Crippen LogP contribution in [0, 0.1) is 0 Å². The number of carbonyl (C=O) groups excluding carboxylic acids is 2. The van der Waals surface area contributed by atoms with Crippen LogP contribution in [0.2, 0.25) is 0 Å². The third kappa shape index (κ3) is 3.85. The number of hydrogen-bond acceptors (Lipinski definition) is 3. The van der Waals surface area contributed by atoms with Crippen molar-refractivity contribution in [3.8, 4) is 0 Å². The smallest absolute Gasteiger partial charge is 0.313 e. The highest BCUT2D eigenvalue weighted by atomic mass is 16.5. The van der Waals surface area contributed by atoms with Crippen LogP contribution in [-0.4, -0.2) is 11.8 Å². The van der Waals surface area contributed by atoms with E-state index in [0.29, 0.717) is 6.42 Å². The Kier molecular flexibility index (Phi) is 4.70. The summed E-state index contributed by atoms with van der Waals surface area (Å²) in [6.07, 6.45) is 0.296. The largest absolute Gasteiger partial charge is 0.457 e. The second-order valence-corrected chi connectivity index (χ2v) is 3.68. The molecule has 0 aromatic heterocycles. The second-order valence-electron chi connectivity index (χ2n) is 3.68. The van der Waals surface area contributed by atoms with E-state index in [2.05, 4.69) is 0 Å². The minimum absolute atomic E-state index is 0.149. The SMILES string of the molecule is CCC(OC(=O)CC(C)=O)c1ccccc1. The van der Waals surface area contributed by atoms with Crippen LogP contribution in [0.1, 0.15) is 38.4 Å². The Balaban J connectivity index is 2.63. The molecule has 86 valence electrons. The summed E-state index contributed by atoms with van der Waals surface area (Å²) in [6, 6.07) is 9.53. The number of ketones is 1. The van der Waals surface area contributed by atoms with Crippen LogP contribution in [0.25, 0.3) is 0 Å². The number of hydrogen-bond donors (Lipinski definition) is 0. The summed E-state index contributed by atoms with van der Waals surface area (Å²) in [4.78, 5) is 22.1. The van der Waals surface area contributed by atoms with Gasteiger partial charge < -0.3 is 4.74 Å². The fourth-order valence-corrected chi connectivity index (χ4v) is 1.46. The maximum Gasteiger partial charge on any atom is 0.313 e. The van der Waals surface area contributed by atoms with Crippen molar-refractivity contribution in [2.45, 2.75) is 32.8 Å². The number of Topliss-reactive ketones (excluding diaryl/α,β-unsaturated/α-hetero) is 1. The average Bonchev–Trinajstić information content (AvgIpc) is 2.26. The Morgan fingerprint density at radius 3 is 2.38 bits per heavy atom. The van der Waals surface area contributed by atoms with Crippen LogP contribution in [0.3, 0.4) is 0 Å². The minimum Gasteiger partial charge on any atom is -0.457 e. The number of ether oxygens (including phenoxy) is 1. The molecular formula is C13H16O3. The summed E-state index contributed by atoms with van der Waals surface area (Å²) in [5, 5.41) is 0. The lowest BCUT2D eigenvalue weighted by Crippen LogP contribution is -2.13. The van der Waals surface area contributed by atoms with E-state index in [4.69, 9.17) is 4.74 Å². The molecule has 1 unspecified atom stereocenters. The van der Waals surface area contributed by atoms with Gasteiger partial charge in [-0.15, -0.1) is 0 Å². The summed E-state index contributed by atoms with van der Waals surface area (Å²) in [5.74, 6) is -0.629. The summed E-state index contributed by atoms with van der Waals surface area (Å²) in [7, 11) is 0. The molecule has 0 saturated heterocycles. The Bertz CT molecular complexity index is 357. The number of carbonyl (C=O) groups is 2. The molecule has 0 saturated carbocycles. The molecule has 3 nitrogen and oxygen atoms in total. The van der Waals surface area contributed by atoms with E-state index in [-0.39, 0.29) is 18.3 Å². The highest BCUT2D eigenvalue weighted by molar-refractivity contribution is 5.94. The average molecular weight is 220 g/mol. The lowest BCUT2D eigenvalue weighted by atomic mass is 10.1. The monoisotopic (exact) mass is 220 g/mol. The Hall–Kier alpha value is -1.64. The zero-order chi connectivity index (χ0) is 12.0. The fourth-order valence-electron chi connectivity index (χ4n) is 1.46. The molecule has 0 spiro atoms. The van der Waals surface area contributed by atoms with Gasteiger partial charge in [-0.2, -0.15) is 0 Å². The van der Waals surface area contributed by atoms with Gasteiger partial charge in [0, 0.05) is 0 Å². The van der Waals surface area contributed by atoms with E-state index >= 15 is 0 Å². The van der Waals surface area contributed by atoms with Gasteiger partial charge >= 0.3 is 5.97 Å². The summed E-state index contributed by atoms with van der Waals surface area (Å²) < 4.78 is 5.24. The quantitative estimate of drug-likeness (QED) is 0.566. The van der Waals surface area contributed by atoms with Crippen LogP contribution in [0.4, 0.5) is 0 Å². The van der Waals surface area contributed by atoms with Gasteiger partial charge in [0.05, 0.1) is 0 Å². The Morgan fingerprint density at radius 1 is 1.25 bits per heavy atom. The first-order valence-electron chi connectivity index (χ1n) is 5.37. The van der Waals surface area contributed by atoms with Crippen LogP contribution in [-0.2, 0) is 14.3 Å².